The summed E-state index contributed by atoms with van der Waals surface area (Å²) in [6.07, 6.45) is 2.43. The SMILES string of the molecule is O=S1(=O)CCN(C2CCCNC2)CC1. The Morgan fingerprint density at radius 1 is 1.21 bits per heavy atom. The third-order valence-electron chi connectivity index (χ3n) is 3.17. The fourth-order valence-electron chi connectivity index (χ4n) is 2.24. The summed E-state index contributed by atoms with van der Waals surface area (Å²) < 4.78 is 22.5. The molecule has 82 valence electrons. The molecule has 0 amide bonds. The first-order chi connectivity index (χ1) is 6.67. The zero-order chi connectivity index (χ0) is 10.0. The minimum atomic E-state index is -2.72. The van der Waals surface area contributed by atoms with E-state index < -0.39 is 9.84 Å². The molecule has 2 aliphatic rings. The highest BCUT2D eigenvalue weighted by Gasteiger charge is 2.27. The highest BCUT2D eigenvalue weighted by molar-refractivity contribution is 7.91. The van der Waals surface area contributed by atoms with Gasteiger partial charge in [-0.3, -0.25) is 4.90 Å². The average molecular weight is 218 g/mol. The van der Waals surface area contributed by atoms with Crippen LogP contribution in [0.4, 0.5) is 0 Å². The Kier molecular flexibility index (Phi) is 3.09. The summed E-state index contributed by atoms with van der Waals surface area (Å²) in [5.41, 5.74) is 0. The van der Waals surface area contributed by atoms with Crippen LogP contribution in [0.25, 0.3) is 0 Å². The number of hydrogen-bond acceptors (Lipinski definition) is 4. The fourth-order valence-corrected chi connectivity index (χ4v) is 3.47. The Morgan fingerprint density at radius 2 is 1.93 bits per heavy atom. The van der Waals surface area contributed by atoms with Crippen molar-refractivity contribution in [3.8, 4) is 0 Å². The van der Waals surface area contributed by atoms with E-state index in [0.717, 1.165) is 26.2 Å². The Hall–Kier alpha value is -0.130. The van der Waals surface area contributed by atoms with E-state index in [4.69, 9.17) is 0 Å². The molecule has 0 aromatic heterocycles. The first kappa shape index (κ1) is 10.4. The number of rotatable bonds is 1. The van der Waals surface area contributed by atoms with Crippen molar-refractivity contribution in [3.05, 3.63) is 0 Å². The largest absolute Gasteiger partial charge is 0.315 e. The van der Waals surface area contributed by atoms with Crippen molar-refractivity contribution in [1.82, 2.24) is 10.2 Å². The molecule has 1 N–H and O–H groups in total. The third kappa shape index (κ3) is 2.46. The standard InChI is InChI=1S/C9H18N2O2S/c12-14(13)6-4-11(5-7-14)9-2-1-3-10-8-9/h9-10H,1-8H2. The molecule has 0 bridgehead atoms. The fraction of sp³-hybridized carbons (Fsp3) is 1.00. The van der Waals surface area contributed by atoms with E-state index in [9.17, 15) is 8.42 Å². The quantitative estimate of drug-likeness (QED) is 0.643. The summed E-state index contributed by atoms with van der Waals surface area (Å²) in [7, 11) is -2.72. The topological polar surface area (TPSA) is 49.4 Å². The van der Waals surface area contributed by atoms with Gasteiger partial charge in [0.25, 0.3) is 0 Å². The van der Waals surface area contributed by atoms with Gasteiger partial charge in [-0.15, -0.1) is 0 Å². The van der Waals surface area contributed by atoms with E-state index >= 15 is 0 Å². The number of hydrogen-bond donors (Lipinski definition) is 1. The van der Waals surface area contributed by atoms with E-state index in [-0.39, 0.29) is 0 Å². The van der Waals surface area contributed by atoms with Gasteiger partial charge >= 0.3 is 0 Å². The van der Waals surface area contributed by atoms with Crippen LogP contribution in [-0.4, -0.2) is 57.0 Å². The average Bonchev–Trinajstić information content (AvgIpc) is 2.19. The molecule has 0 aliphatic carbocycles. The second-order valence-electron chi connectivity index (χ2n) is 4.19. The highest BCUT2D eigenvalue weighted by Crippen LogP contribution is 2.13. The predicted molar refractivity (Wildman–Crippen MR) is 56.1 cm³/mol. The van der Waals surface area contributed by atoms with Crippen molar-refractivity contribution in [1.29, 1.82) is 0 Å². The maximum Gasteiger partial charge on any atom is 0.152 e. The van der Waals surface area contributed by atoms with Gasteiger partial charge in [-0.2, -0.15) is 0 Å². The smallest absolute Gasteiger partial charge is 0.152 e. The number of piperidine rings is 1. The minimum absolute atomic E-state index is 0.351. The molecule has 0 aromatic carbocycles. The van der Waals surface area contributed by atoms with Gasteiger partial charge in [0.05, 0.1) is 11.5 Å². The second kappa shape index (κ2) is 4.16. The Bertz CT molecular complexity index is 269. The van der Waals surface area contributed by atoms with Gasteiger partial charge in [-0.05, 0) is 19.4 Å². The summed E-state index contributed by atoms with van der Waals surface area (Å²) in [5.74, 6) is 0.701. The van der Waals surface area contributed by atoms with Gasteiger partial charge in [0.1, 0.15) is 0 Å². The van der Waals surface area contributed by atoms with E-state index in [2.05, 4.69) is 10.2 Å². The van der Waals surface area contributed by atoms with Crippen LogP contribution in [0.1, 0.15) is 12.8 Å². The molecule has 0 radical (unpaired) electrons. The van der Waals surface area contributed by atoms with E-state index in [1.807, 2.05) is 0 Å². The molecule has 2 heterocycles. The lowest BCUT2D eigenvalue weighted by Crippen LogP contribution is -2.51. The highest BCUT2D eigenvalue weighted by atomic mass is 32.2. The number of nitrogens with zero attached hydrogens (tertiary/aromatic N) is 1. The lowest BCUT2D eigenvalue weighted by atomic mass is 10.1. The molecule has 0 saturated carbocycles. The zero-order valence-corrected chi connectivity index (χ0v) is 9.22. The van der Waals surface area contributed by atoms with Crippen LogP contribution in [0, 0.1) is 0 Å². The van der Waals surface area contributed by atoms with Crippen LogP contribution in [-0.2, 0) is 9.84 Å². The van der Waals surface area contributed by atoms with Crippen LogP contribution < -0.4 is 5.32 Å². The van der Waals surface area contributed by atoms with Crippen molar-refractivity contribution < 1.29 is 8.42 Å². The lowest BCUT2D eigenvalue weighted by molar-refractivity contribution is 0.179. The van der Waals surface area contributed by atoms with Crippen molar-refractivity contribution in [3.63, 3.8) is 0 Å². The van der Waals surface area contributed by atoms with Gasteiger partial charge in [-0.1, -0.05) is 0 Å². The molecular weight excluding hydrogens is 200 g/mol. The normalized spacial score (nSPS) is 34.1. The van der Waals surface area contributed by atoms with Crippen molar-refractivity contribution in [2.75, 3.05) is 37.7 Å². The first-order valence-corrected chi connectivity index (χ1v) is 7.15. The molecule has 2 fully saturated rings. The third-order valence-corrected chi connectivity index (χ3v) is 4.78. The van der Waals surface area contributed by atoms with E-state index in [1.54, 1.807) is 0 Å². The van der Waals surface area contributed by atoms with Crippen LogP contribution >= 0.6 is 0 Å². The summed E-state index contributed by atoms with van der Waals surface area (Å²) in [5, 5.41) is 3.36. The summed E-state index contributed by atoms with van der Waals surface area (Å²) in [6, 6.07) is 0.569. The Balaban J connectivity index is 1.88. The molecule has 2 saturated heterocycles. The van der Waals surface area contributed by atoms with Crippen molar-refractivity contribution in [2.24, 2.45) is 0 Å². The molecule has 4 nitrogen and oxygen atoms in total. The van der Waals surface area contributed by atoms with Gasteiger partial charge < -0.3 is 5.32 Å². The number of sulfone groups is 1. The summed E-state index contributed by atoms with van der Waals surface area (Å²) >= 11 is 0. The van der Waals surface area contributed by atoms with Gasteiger partial charge in [-0.25, -0.2) is 8.42 Å². The van der Waals surface area contributed by atoms with Gasteiger partial charge in [0, 0.05) is 25.7 Å². The molecule has 5 heteroatoms. The molecule has 1 unspecified atom stereocenters. The monoisotopic (exact) mass is 218 g/mol. The first-order valence-electron chi connectivity index (χ1n) is 5.32. The van der Waals surface area contributed by atoms with Crippen LogP contribution in [0.3, 0.4) is 0 Å². The Labute approximate surface area is 85.6 Å². The molecule has 14 heavy (non-hydrogen) atoms. The maximum absolute atomic E-state index is 11.2. The molecule has 0 aromatic rings. The van der Waals surface area contributed by atoms with Gasteiger partial charge in [0.15, 0.2) is 9.84 Å². The summed E-state index contributed by atoms with van der Waals surface area (Å²) in [4.78, 5) is 2.33. The van der Waals surface area contributed by atoms with Crippen molar-refractivity contribution >= 4 is 9.84 Å². The zero-order valence-electron chi connectivity index (χ0n) is 8.41. The van der Waals surface area contributed by atoms with Crippen LogP contribution in [0.2, 0.25) is 0 Å². The maximum atomic E-state index is 11.2. The predicted octanol–water partition coefficient (Wildman–Crippen LogP) is -0.531. The summed E-state index contributed by atoms with van der Waals surface area (Å²) in [6.45, 7) is 3.60. The van der Waals surface area contributed by atoms with Crippen LogP contribution in [0.15, 0.2) is 0 Å². The van der Waals surface area contributed by atoms with E-state index in [0.29, 0.717) is 17.5 Å². The lowest BCUT2D eigenvalue weighted by Gasteiger charge is -2.36. The molecule has 2 rings (SSSR count). The van der Waals surface area contributed by atoms with E-state index in [1.165, 1.54) is 12.8 Å². The molecule has 1 atom stereocenters. The van der Waals surface area contributed by atoms with Crippen LogP contribution in [0.5, 0.6) is 0 Å². The Morgan fingerprint density at radius 3 is 2.50 bits per heavy atom. The second-order valence-corrected chi connectivity index (χ2v) is 6.49. The van der Waals surface area contributed by atoms with Gasteiger partial charge in [0.2, 0.25) is 0 Å². The van der Waals surface area contributed by atoms with Crippen molar-refractivity contribution in [2.45, 2.75) is 18.9 Å². The molecule has 0 spiro atoms. The minimum Gasteiger partial charge on any atom is -0.315 e. The molecule has 2 aliphatic heterocycles. The number of nitrogens with one attached hydrogen (secondary N) is 1. The molecular formula is C9H18N2O2S.